The maximum atomic E-state index is 12.6. The number of benzene rings is 1. The Labute approximate surface area is 114 Å². The van der Waals surface area contributed by atoms with Gasteiger partial charge in [0.15, 0.2) is 0 Å². The lowest BCUT2D eigenvalue weighted by molar-refractivity contribution is 0.0393. The molecule has 1 aromatic rings. The monoisotopic (exact) mass is 284 g/mol. The molecule has 0 aromatic heterocycles. The van der Waals surface area contributed by atoms with Crippen LogP contribution in [-0.2, 0) is 14.8 Å². The molecule has 0 aliphatic carbocycles. The summed E-state index contributed by atoms with van der Waals surface area (Å²) in [4.78, 5) is 0.266. The quantitative estimate of drug-likeness (QED) is 0.831. The summed E-state index contributed by atoms with van der Waals surface area (Å²) in [5, 5.41) is 0. The zero-order chi connectivity index (χ0) is 14.2. The number of sulfonamides is 1. The van der Waals surface area contributed by atoms with Crippen LogP contribution in [0.4, 0.5) is 5.69 Å². The SMILES string of the molecule is Cc1cc(S(=O)(=O)N2CCOC[C@H]2C)cc(N)c1C. The molecule has 19 heavy (non-hydrogen) atoms. The normalized spacial score (nSPS) is 21.5. The summed E-state index contributed by atoms with van der Waals surface area (Å²) in [6.45, 7) is 6.85. The lowest BCUT2D eigenvalue weighted by atomic mass is 10.1. The van der Waals surface area contributed by atoms with Crippen molar-refractivity contribution in [2.45, 2.75) is 31.7 Å². The highest BCUT2D eigenvalue weighted by Crippen LogP contribution is 2.26. The zero-order valence-corrected chi connectivity index (χ0v) is 12.3. The first kappa shape index (κ1) is 14.3. The van der Waals surface area contributed by atoms with E-state index in [0.717, 1.165) is 11.1 Å². The number of nitrogens with zero attached hydrogens (tertiary/aromatic N) is 1. The molecule has 0 radical (unpaired) electrons. The molecule has 5 nitrogen and oxygen atoms in total. The molecule has 106 valence electrons. The minimum Gasteiger partial charge on any atom is -0.398 e. The van der Waals surface area contributed by atoms with E-state index in [-0.39, 0.29) is 10.9 Å². The third-order valence-corrected chi connectivity index (χ3v) is 5.59. The van der Waals surface area contributed by atoms with Gasteiger partial charge >= 0.3 is 0 Å². The number of rotatable bonds is 2. The minimum absolute atomic E-state index is 0.151. The predicted molar refractivity (Wildman–Crippen MR) is 74.5 cm³/mol. The highest BCUT2D eigenvalue weighted by Gasteiger charge is 2.31. The van der Waals surface area contributed by atoms with Crippen molar-refractivity contribution in [1.82, 2.24) is 4.31 Å². The summed E-state index contributed by atoms with van der Waals surface area (Å²) in [6, 6.07) is 3.07. The molecule has 1 fully saturated rings. The fourth-order valence-corrected chi connectivity index (χ4v) is 3.93. The Balaban J connectivity index is 2.44. The van der Waals surface area contributed by atoms with E-state index in [4.69, 9.17) is 10.5 Å². The minimum atomic E-state index is -3.50. The van der Waals surface area contributed by atoms with Crippen LogP contribution >= 0.6 is 0 Å². The number of ether oxygens (including phenoxy) is 1. The molecular weight excluding hydrogens is 264 g/mol. The van der Waals surface area contributed by atoms with Crippen LogP contribution in [0.5, 0.6) is 0 Å². The van der Waals surface area contributed by atoms with E-state index in [1.54, 1.807) is 12.1 Å². The number of nitrogens with two attached hydrogens (primary N) is 1. The van der Waals surface area contributed by atoms with Crippen LogP contribution in [0.2, 0.25) is 0 Å². The van der Waals surface area contributed by atoms with Gasteiger partial charge in [0.25, 0.3) is 0 Å². The highest BCUT2D eigenvalue weighted by molar-refractivity contribution is 7.89. The zero-order valence-electron chi connectivity index (χ0n) is 11.5. The summed E-state index contributed by atoms with van der Waals surface area (Å²) >= 11 is 0. The van der Waals surface area contributed by atoms with Gasteiger partial charge in [-0.1, -0.05) is 0 Å². The molecule has 1 aliphatic rings. The summed E-state index contributed by atoms with van der Waals surface area (Å²) in [5.41, 5.74) is 8.20. The van der Waals surface area contributed by atoms with Crippen molar-refractivity contribution in [2.24, 2.45) is 0 Å². The molecule has 0 amide bonds. The van der Waals surface area contributed by atoms with E-state index in [1.807, 2.05) is 20.8 Å². The average Bonchev–Trinajstić information content (AvgIpc) is 2.35. The third kappa shape index (κ3) is 2.61. The van der Waals surface area contributed by atoms with E-state index >= 15 is 0 Å². The molecule has 0 unspecified atom stereocenters. The number of aryl methyl sites for hydroxylation is 1. The number of hydrogen-bond acceptors (Lipinski definition) is 4. The summed E-state index contributed by atoms with van der Waals surface area (Å²) < 4.78 is 32.0. The second kappa shape index (κ2) is 5.11. The number of hydrogen-bond donors (Lipinski definition) is 1. The molecule has 0 bridgehead atoms. The third-order valence-electron chi connectivity index (χ3n) is 3.59. The van der Waals surface area contributed by atoms with Gasteiger partial charge in [0.05, 0.1) is 18.1 Å². The Morgan fingerprint density at radius 2 is 2.05 bits per heavy atom. The fourth-order valence-electron chi connectivity index (χ4n) is 2.21. The van der Waals surface area contributed by atoms with Gasteiger partial charge in [-0.25, -0.2) is 8.42 Å². The van der Waals surface area contributed by atoms with Crippen molar-refractivity contribution >= 4 is 15.7 Å². The lowest BCUT2D eigenvalue weighted by Crippen LogP contribution is -2.46. The first-order valence-corrected chi connectivity index (χ1v) is 7.74. The fraction of sp³-hybridized carbons (Fsp3) is 0.538. The van der Waals surface area contributed by atoms with E-state index in [9.17, 15) is 8.42 Å². The molecule has 0 saturated carbocycles. The Hall–Kier alpha value is -1.11. The van der Waals surface area contributed by atoms with Gasteiger partial charge in [0.2, 0.25) is 10.0 Å². The number of morpholine rings is 1. The van der Waals surface area contributed by atoms with Crippen LogP contribution in [0.1, 0.15) is 18.1 Å². The second-order valence-electron chi connectivity index (χ2n) is 4.99. The Bertz CT molecular complexity index is 561. The van der Waals surface area contributed by atoms with Crippen molar-refractivity contribution < 1.29 is 13.2 Å². The lowest BCUT2D eigenvalue weighted by Gasteiger charge is -2.32. The molecular formula is C13H20N2O3S. The number of nitrogen functional groups attached to an aromatic ring is 1. The summed E-state index contributed by atoms with van der Waals surface area (Å²) in [5.74, 6) is 0. The van der Waals surface area contributed by atoms with E-state index in [2.05, 4.69) is 0 Å². The van der Waals surface area contributed by atoms with E-state index < -0.39 is 10.0 Å². The van der Waals surface area contributed by atoms with Crippen molar-refractivity contribution in [1.29, 1.82) is 0 Å². The molecule has 1 heterocycles. The molecule has 1 atom stereocenters. The molecule has 2 rings (SSSR count). The van der Waals surface area contributed by atoms with E-state index in [0.29, 0.717) is 25.4 Å². The van der Waals surface area contributed by atoms with Crippen LogP contribution in [0.3, 0.4) is 0 Å². The molecule has 6 heteroatoms. The van der Waals surface area contributed by atoms with Gasteiger partial charge in [-0.15, -0.1) is 0 Å². The molecule has 1 aliphatic heterocycles. The van der Waals surface area contributed by atoms with Crippen molar-refractivity contribution in [2.75, 3.05) is 25.5 Å². The number of anilines is 1. The van der Waals surface area contributed by atoms with Crippen LogP contribution in [0.15, 0.2) is 17.0 Å². The topological polar surface area (TPSA) is 72.6 Å². The average molecular weight is 284 g/mol. The Kier molecular flexibility index (Phi) is 3.85. The first-order valence-electron chi connectivity index (χ1n) is 6.30. The van der Waals surface area contributed by atoms with Gasteiger partial charge in [0.1, 0.15) is 0 Å². The van der Waals surface area contributed by atoms with Gasteiger partial charge in [-0.3, -0.25) is 0 Å². The van der Waals surface area contributed by atoms with Crippen LogP contribution in [-0.4, -0.2) is 38.5 Å². The predicted octanol–water partition coefficient (Wildman–Crippen LogP) is 1.30. The summed E-state index contributed by atoms with van der Waals surface area (Å²) in [7, 11) is -3.50. The van der Waals surface area contributed by atoms with E-state index in [1.165, 1.54) is 4.31 Å². The summed E-state index contributed by atoms with van der Waals surface area (Å²) in [6.07, 6.45) is 0. The van der Waals surface area contributed by atoms with Crippen LogP contribution in [0, 0.1) is 13.8 Å². The van der Waals surface area contributed by atoms with Gasteiger partial charge in [-0.2, -0.15) is 4.31 Å². The van der Waals surface area contributed by atoms with Crippen molar-refractivity contribution in [3.05, 3.63) is 23.3 Å². The molecule has 1 saturated heterocycles. The van der Waals surface area contributed by atoms with Gasteiger partial charge in [0, 0.05) is 18.3 Å². The smallest absolute Gasteiger partial charge is 0.243 e. The van der Waals surface area contributed by atoms with Crippen molar-refractivity contribution in [3.8, 4) is 0 Å². The first-order chi connectivity index (χ1) is 8.84. The maximum Gasteiger partial charge on any atom is 0.243 e. The standard InChI is InChI=1S/C13H20N2O3S/c1-9-6-12(7-13(14)11(9)3)19(16,17)15-4-5-18-8-10(15)2/h6-7,10H,4-5,8,14H2,1-3H3/t10-/m1/s1. The van der Waals surface area contributed by atoms with Gasteiger partial charge in [-0.05, 0) is 44.0 Å². The highest BCUT2D eigenvalue weighted by atomic mass is 32.2. The van der Waals surface area contributed by atoms with Crippen molar-refractivity contribution in [3.63, 3.8) is 0 Å². The largest absolute Gasteiger partial charge is 0.398 e. The maximum absolute atomic E-state index is 12.6. The van der Waals surface area contributed by atoms with Crippen LogP contribution < -0.4 is 5.73 Å². The second-order valence-corrected chi connectivity index (χ2v) is 6.88. The van der Waals surface area contributed by atoms with Crippen LogP contribution in [0.25, 0.3) is 0 Å². The Morgan fingerprint density at radius 1 is 1.37 bits per heavy atom. The molecule has 0 spiro atoms. The molecule has 2 N–H and O–H groups in total. The van der Waals surface area contributed by atoms with Gasteiger partial charge < -0.3 is 10.5 Å². The Morgan fingerprint density at radius 3 is 2.63 bits per heavy atom. The molecule has 1 aromatic carbocycles.